The van der Waals surface area contributed by atoms with Crippen LogP contribution in [-0.2, 0) is 0 Å². The predicted molar refractivity (Wildman–Crippen MR) is 54.1 cm³/mol. The van der Waals surface area contributed by atoms with Crippen LogP contribution in [0.25, 0.3) is 0 Å². The minimum absolute atomic E-state index is 0.306. The van der Waals surface area contributed by atoms with Crippen LogP contribution in [0.15, 0.2) is 12.2 Å². The van der Waals surface area contributed by atoms with Crippen LogP contribution in [0.3, 0.4) is 0 Å². The molecule has 0 aromatic rings. The molecule has 0 radical (unpaired) electrons. The van der Waals surface area contributed by atoms with E-state index in [-0.39, 0.29) is 0 Å². The molecule has 0 rings (SSSR count). The lowest BCUT2D eigenvalue weighted by Gasteiger charge is -2.01. The lowest BCUT2D eigenvalue weighted by molar-refractivity contribution is 0.274. The lowest BCUT2D eigenvalue weighted by atomic mass is 10.1. The zero-order chi connectivity index (χ0) is 9.23. The summed E-state index contributed by atoms with van der Waals surface area (Å²) >= 11 is 0. The third-order valence-electron chi connectivity index (χ3n) is 2.02. The van der Waals surface area contributed by atoms with Gasteiger partial charge in [-0.3, -0.25) is 0 Å². The molecule has 1 N–H and O–H groups in total. The molecule has 0 fully saturated rings. The SMILES string of the molecule is CCCCC/C=C/[C@H](C)CCO. The van der Waals surface area contributed by atoms with E-state index in [1.165, 1.54) is 25.7 Å². The van der Waals surface area contributed by atoms with Gasteiger partial charge in [-0.15, -0.1) is 0 Å². The zero-order valence-corrected chi connectivity index (χ0v) is 8.42. The van der Waals surface area contributed by atoms with Crippen molar-refractivity contribution in [2.45, 2.75) is 46.0 Å². The highest BCUT2D eigenvalue weighted by molar-refractivity contribution is 4.85. The number of allylic oxidation sites excluding steroid dienone is 2. The van der Waals surface area contributed by atoms with Gasteiger partial charge in [-0.2, -0.15) is 0 Å². The van der Waals surface area contributed by atoms with Crippen molar-refractivity contribution in [2.75, 3.05) is 6.61 Å². The smallest absolute Gasteiger partial charge is 0.0436 e. The van der Waals surface area contributed by atoms with Gasteiger partial charge >= 0.3 is 0 Å². The topological polar surface area (TPSA) is 20.2 Å². The molecule has 0 aliphatic heterocycles. The van der Waals surface area contributed by atoms with E-state index in [1.807, 2.05) is 0 Å². The summed E-state index contributed by atoms with van der Waals surface area (Å²) in [5.74, 6) is 0.539. The molecule has 0 aliphatic rings. The van der Waals surface area contributed by atoms with E-state index in [4.69, 9.17) is 5.11 Å². The van der Waals surface area contributed by atoms with Crippen LogP contribution in [0, 0.1) is 5.92 Å². The van der Waals surface area contributed by atoms with Crippen molar-refractivity contribution in [3.05, 3.63) is 12.2 Å². The van der Waals surface area contributed by atoms with Gasteiger partial charge in [0.2, 0.25) is 0 Å². The maximum atomic E-state index is 8.64. The molecule has 0 saturated carbocycles. The first kappa shape index (κ1) is 11.7. The zero-order valence-electron chi connectivity index (χ0n) is 8.42. The molecular weight excluding hydrogens is 148 g/mol. The Balaban J connectivity index is 3.22. The molecule has 1 heteroatoms. The molecule has 0 saturated heterocycles. The molecule has 0 aromatic carbocycles. The average Bonchev–Trinajstić information content (AvgIpc) is 2.05. The van der Waals surface area contributed by atoms with Gasteiger partial charge < -0.3 is 5.11 Å². The molecule has 0 heterocycles. The normalized spacial score (nSPS) is 13.9. The Morgan fingerprint density at radius 3 is 2.67 bits per heavy atom. The second kappa shape index (κ2) is 8.79. The minimum Gasteiger partial charge on any atom is -0.396 e. The number of aliphatic hydroxyl groups excluding tert-OH is 1. The first-order chi connectivity index (χ1) is 5.81. The second-order valence-electron chi connectivity index (χ2n) is 3.41. The Morgan fingerprint density at radius 1 is 1.33 bits per heavy atom. The van der Waals surface area contributed by atoms with Crippen molar-refractivity contribution in [3.63, 3.8) is 0 Å². The van der Waals surface area contributed by atoms with Gasteiger partial charge in [-0.25, -0.2) is 0 Å². The maximum Gasteiger partial charge on any atom is 0.0436 e. The van der Waals surface area contributed by atoms with Crippen LogP contribution in [0.4, 0.5) is 0 Å². The fourth-order valence-corrected chi connectivity index (χ4v) is 1.14. The highest BCUT2D eigenvalue weighted by Gasteiger charge is 1.93. The number of unbranched alkanes of at least 4 members (excludes halogenated alkanes) is 3. The van der Waals surface area contributed by atoms with E-state index in [1.54, 1.807) is 0 Å². The largest absolute Gasteiger partial charge is 0.396 e. The summed E-state index contributed by atoms with van der Waals surface area (Å²) in [5.41, 5.74) is 0. The van der Waals surface area contributed by atoms with Gasteiger partial charge in [0.25, 0.3) is 0 Å². The van der Waals surface area contributed by atoms with E-state index < -0.39 is 0 Å². The summed E-state index contributed by atoms with van der Waals surface area (Å²) < 4.78 is 0. The standard InChI is InChI=1S/C11H22O/c1-3-4-5-6-7-8-11(2)9-10-12/h7-8,11-12H,3-6,9-10H2,1-2H3/b8-7+/t11-/m0/s1. The van der Waals surface area contributed by atoms with Gasteiger partial charge in [0, 0.05) is 6.61 Å². The van der Waals surface area contributed by atoms with Crippen LogP contribution in [0.2, 0.25) is 0 Å². The van der Waals surface area contributed by atoms with E-state index >= 15 is 0 Å². The first-order valence-corrected chi connectivity index (χ1v) is 5.08. The summed E-state index contributed by atoms with van der Waals surface area (Å²) in [5, 5.41) is 8.64. The van der Waals surface area contributed by atoms with Crippen LogP contribution >= 0.6 is 0 Å². The van der Waals surface area contributed by atoms with Gasteiger partial charge in [-0.05, 0) is 25.2 Å². The molecular formula is C11H22O. The number of hydrogen-bond donors (Lipinski definition) is 1. The molecule has 0 amide bonds. The predicted octanol–water partition coefficient (Wildman–Crippen LogP) is 3.14. The highest BCUT2D eigenvalue weighted by atomic mass is 16.2. The maximum absolute atomic E-state index is 8.64. The molecule has 0 unspecified atom stereocenters. The van der Waals surface area contributed by atoms with Gasteiger partial charge in [0.1, 0.15) is 0 Å². The molecule has 72 valence electrons. The highest BCUT2D eigenvalue weighted by Crippen LogP contribution is 2.05. The summed E-state index contributed by atoms with van der Waals surface area (Å²) in [7, 11) is 0. The molecule has 1 atom stereocenters. The van der Waals surface area contributed by atoms with E-state index in [2.05, 4.69) is 26.0 Å². The Bertz CT molecular complexity index is 108. The number of rotatable bonds is 7. The Morgan fingerprint density at radius 2 is 2.08 bits per heavy atom. The molecule has 12 heavy (non-hydrogen) atoms. The van der Waals surface area contributed by atoms with Crippen LogP contribution < -0.4 is 0 Å². The van der Waals surface area contributed by atoms with E-state index in [0.717, 1.165) is 6.42 Å². The summed E-state index contributed by atoms with van der Waals surface area (Å²) in [6.45, 7) is 4.67. The Labute approximate surface area is 76.5 Å². The van der Waals surface area contributed by atoms with Crippen molar-refractivity contribution < 1.29 is 5.11 Å². The lowest BCUT2D eigenvalue weighted by Crippen LogP contribution is -1.92. The molecule has 0 bridgehead atoms. The summed E-state index contributed by atoms with van der Waals surface area (Å²) in [6.07, 6.45) is 10.5. The van der Waals surface area contributed by atoms with E-state index in [0.29, 0.717) is 12.5 Å². The molecule has 0 spiro atoms. The van der Waals surface area contributed by atoms with Gasteiger partial charge in [0.15, 0.2) is 0 Å². The van der Waals surface area contributed by atoms with Crippen molar-refractivity contribution in [3.8, 4) is 0 Å². The van der Waals surface area contributed by atoms with Crippen molar-refractivity contribution in [1.82, 2.24) is 0 Å². The second-order valence-corrected chi connectivity index (χ2v) is 3.41. The number of hydrogen-bond acceptors (Lipinski definition) is 1. The first-order valence-electron chi connectivity index (χ1n) is 5.08. The minimum atomic E-state index is 0.306. The van der Waals surface area contributed by atoms with Crippen molar-refractivity contribution in [1.29, 1.82) is 0 Å². The van der Waals surface area contributed by atoms with Gasteiger partial charge in [0.05, 0.1) is 0 Å². The van der Waals surface area contributed by atoms with Crippen LogP contribution in [-0.4, -0.2) is 11.7 Å². The molecule has 0 aliphatic carbocycles. The van der Waals surface area contributed by atoms with Crippen LogP contribution in [0.1, 0.15) is 46.0 Å². The number of aliphatic hydroxyl groups is 1. The molecule has 1 nitrogen and oxygen atoms in total. The monoisotopic (exact) mass is 170 g/mol. The molecule has 0 aromatic heterocycles. The summed E-state index contributed by atoms with van der Waals surface area (Å²) in [4.78, 5) is 0. The Kier molecular flexibility index (Phi) is 8.57. The fraction of sp³-hybridized carbons (Fsp3) is 0.818. The van der Waals surface area contributed by atoms with Crippen molar-refractivity contribution >= 4 is 0 Å². The quantitative estimate of drug-likeness (QED) is 0.459. The third kappa shape index (κ3) is 7.80. The van der Waals surface area contributed by atoms with Gasteiger partial charge in [-0.1, -0.05) is 38.8 Å². The fourth-order valence-electron chi connectivity index (χ4n) is 1.14. The summed E-state index contributed by atoms with van der Waals surface area (Å²) in [6, 6.07) is 0. The Hall–Kier alpha value is -0.300. The van der Waals surface area contributed by atoms with Crippen LogP contribution in [0.5, 0.6) is 0 Å². The average molecular weight is 170 g/mol. The third-order valence-corrected chi connectivity index (χ3v) is 2.02. The van der Waals surface area contributed by atoms with E-state index in [9.17, 15) is 0 Å². The van der Waals surface area contributed by atoms with Crippen molar-refractivity contribution in [2.24, 2.45) is 5.92 Å².